The summed E-state index contributed by atoms with van der Waals surface area (Å²) in [5, 5.41) is 3.06. The fourth-order valence-electron chi connectivity index (χ4n) is 3.75. The van der Waals surface area contributed by atoms with Gasteiger partial charge in [-0.25, -0.2) is 0 Å². The lowest BCUT2D eigenvalue weighted by atomic mass is 10.0. The van der Waals surface area contributed by atoms with E-state index in [-0.39, 0.29) is 18.6 Å². The first-order chi connectivity index (χ1) is 14.2. The van der Waals surface area contributed by atoms with Crippen molar-refractivity contribution in [3.8, 4) is 11.5 Å². The van der Waals surface area contributed by atoms with E-state index in [2.05, 4.69) is 29.3 Å². The largest absolute Gasteiger partial charge is 0.497 e. The quantitative estimate of drug-likeness (QED) is 0.697. The second kappa shape index (κ2) is 10.9. The molecule has 3 rings (SSSR count). The van der Waals surface area contributed by atoms with Crippen molar-refractivity contribution in [2.24, 2.45) is 0 Å². The molecule has 5 nitrogen and oxygen atoms in total. The van der Waals surface area contributed by atoms with Crippen LogP contribution in [0.5, 0.6) is 11.5 Å². The smallest absolute Gasteiger partial charge is 0.258 e. The Bertz CT molecular complexity index is 753. The van der Waals surface area contributed by atoms with Gasteiger partial charge in [-0.2, -0.15) is 0 Å². The number of piperidine rings is 1. The van der Waals surface area contributed by atoms with E-state index >= 15 is 0 Å². The lowest BCUT2D eigenvalue weighted by Crippen LogP contribution is -2.41. The van der Waals surface area contributed by atoms with Gasteiger partial charge in [0.25, 0.3) is 5.91 Å². The Morgan fingerprint density at radius 3 is 2.28 bits per heavy atom. The molecule has 156 valence electrons. The van der Waals surface area contributed by atoms with Gasteiger partial charge in [0.1, 0.15) is 11.5 Å². The van der Waals surface area contributed by atoms with Crippen molar-refractivity contribution >= 4 is 5.91 Å². The zero-order valence-electron chi connectivity index (χ0n) is 17.5. The number of amides is 1. The van der Waals surface area contributed by atoms with E-state index < -0.39 is 0 Å². The van der Waals surface area contributed by atoms with Crippen LogP contribution in [0.25, 0.3) is 0 Å². The first-order valence-electron chi connectivity index (χ1n) is 10.6. The Morgan fingerprint density at radius 2 is 1.66 bits per heavy atom. The number of benzene rings is 2. The van der Waals surface area contributed by atoms with Crippen LogP contribution in [-0.2, 0) is 11.2 Å². The van der Waals surface area contributed by atoms with Gasteiger partial charge in [0.2, 0.25) is 0 Å². The maximum Gasteiger partial charge on any atom is 0.258 e. The lowest BCUT2D eigenvalue weighted by Gasteiger charge is -2.35. The highest BCUT2D eigenvalue weighted by Gasteiger charge is 2.23. The van der Waals surface area contributed by atoms with Crippen LogP contribution in [0.3, 0.4) is 0 Å². The first kappa shape index (κ1) is 21.2. The number of hydrogen-bond acceptors (Lipinski definition) is 4. The summed E-state index contributed by atoms with van der Waals surface area (Å²) in [4.78, 5) is 14.9. The Hall–Kier alpha value is -2.53. The van der Waals surface area contributed by atoms with E-state index in [0.717, 1.165) is 31.0 Å². The maximum atomic E-state index is 12.4. The Balaban J connectivity index is 1.56. The molecule has 1 aliphatic rings. The third-order valence-electron chi connectivity index (χ3n) is 5.53. The molecule has 0 spiro atoms. The van der Waals surface area contributed by atoms with Crippen LogP contribution in [0.4, 0.5) is 0 Å². The summed E-state index contributed by atoms with van der Waals surface area (Å²) in [7, 11) is 1.67. The monoisotopic (exact) mass is 396 g/mol. The molecule has 1 aliphatic heterocycles. The predicted molar refractivity (Wildman–Crippen MR) is 115 cm³/mol. The highest BCUT2D eigenvalue weighted by Crippen LogP contribution is 2.26. The third kappa shape index (κ3) is 6.23. The van der Waals surface area contributed by atoms with E-state index in [0.29, 0.717) is 6.54 Å². The molecule has 0 aromatic heterocycles. The maximum absolute atomic E-state index is 12.4. The minimum Gasteiger partial charge on any atom is -0.497 e. The van der Waals surface area contributed by atoms with Crippen LogP contribution in [0.1, 0.15) is 43.4 Å². The van der Waals surface area contributed by atoms with Crippen molar-refractivity contribution in [1.82, 2.24) is 10.2 Å². The summed E-state index contributed by atoms with van der Waals surface area (Å²) >= 11 is 0. The fourth-order valence-corrected chi connectivity index (χ4v) is 3.75. The summed E-state index contributed by atoms with van der Waals surface area (Å²) in [5.74, 6) is 1.47. The normalized spacial score (nSPS) is 15.5. The van der Waals surface area contributed by atoms with Gasteiger partial charge in [-0.1, -0.05) is 37.6 Å². The van der Waals surface area contributed by atoms with Gasteiger partial charge in [0.15, 0.2) is 6.61 Å². The van der Waals surface area contributed by atoms with Crippen LogP contribution in [-0.4, -0.2) is 44.2 Å². The summed E-state index contributed by atoms with van der Waals surface area (Å²) in [6, 6.07) is 16.2. The van der Waals surface area contributed by atoms with E-state index in [1.807, 2.05) is 36.4 Å². The van der Waals surface area contributed by atoms with Gasteiger partial charge in [0, 0.05) is 6.54 Å². The molecule has 0 radical (unpaired) electrons. The molecular formula is C24H32N2O3. The van der Waals surface area contributed by atoms with Crippen LogP contribution in [0.2, 0.25) is 0 Å². The molecule has 29 heavy (non-hydrogen) atoms. The van der Waals surface area contributed by atoms with Gasteiger partial charge >= 0.3 is 0 Å². The van der Waals surface area contributed by atoms with Crippen LogP contribution in [0, 0.1) is 0 Å². The Kier molecular flexibility index (Phi) is 7.94. The number of nitrogens with one attached hydrogen (secondary N) is 1. The number of ether oxygens (including phenoxy) is 2. The van der Waals surface area contributed by atoms with Gasteiger partial charge in [-0.15, -0.1) is 0 Å². The lowest BCUT2D eigenvalue weighted by molar-refractivity contribution is -0.123. The molecule has 0 saturated carbocycles. The van der Waals surface area contributed by atoms with E-state index in [1.54, 1.807) is 7.11 Å². The van der Waals surface area contributed by atoms with Gasteiger partial charge in [-0.3, -0.25) is 9.69 Å². The van der Waals surface area contributed by atoms with E-state index in [1.165, 1.54) is 30.4 Å². The molecule has 5 heteroatoms. The van der Waals surface area contributed by atoms with E-state index in [4.69, 9.17) is 9.47 Å². The number of nitrogens with zero attached hydrogens (tertiary/aromatic N) is 1. The van der Waals surface area contributed by atoms with Crippen molar-refractivity contribution in [3.05, 3.63) is 59.7 Å². The molecule has 1 atom stereocenters. The summed E-state index contributed by atoms with van der Waals surface area (Å²) in [5.41, 5.74) is 2.45. The Labute approximate surface area is 174 Å². The number of carbonyl (C=O) groups excluding carboxylic acids is 1. The van der Waals surface area contributed by atoms with Gasteiger partial charge < -0.3 is 14.8 Å². The second-order valence-corrected chi connectivity index (χ2v) is 7.48. The van der Waals surface area contributed by atoms with Crippen LogP contribution >= 0.6 is 0 Å². The van der Waals surface area contributed by atoms with Gasteiger partial charge in [0.05, 0.1) is 13.2 Å². The predicted octanol–water partition coefficient (Wildman–Crippen LogP) is 3.98. The molecular weight excluding hydrogens is 364 g/mol. The SMILES string of the molecule is CCc1ccc(OCC(=O)NC[C@H](c2ccc(OC)cc2)N2CCCCC2)cc1. The minimum atomic E-state index is -0.0971. The summed E-state index contributed by atoms with van der Waals surface area (Å²) in [6.07, 6.45) is 4.68. The van der Waals surface area contributed by atoms with Crippen molar-refractivity contribution in [1.29, 1.82) is 0 Å². The molecule has 1 heterocycles. The van der Waals surface area contributed by atoms with Crippen LogP contribution in [0.15, 0.2) is 48.5 Å². The molecule has 0 aliphatic carbocycles. The molecule has 0 unspecified atom stereocenters. The number of methoxy groups -OCH3 is 1. The average molecular weight is 397 g/mol. The molecule has 1 saturated heterocycles. The summed E-state index contributed by atoms with van der Waals surface area (Å²) < 4.78 is 10.9. The molecule has 2 aromatic carbocycles. The van der Waals surface area contributed by atoms with Crippen LogP contribution < -0.4 is 14.8 Å². The zero-order chi connectivity index (χ0) is 20.5. The van der Waals surface area contributed by atoms with Gasteiger partial charge in [-0.05, 0) is 67.7 Å². The molecule has 1 fully saturated rings. The average Bonchev–Trinajstić information content (AvgIpc) is 2.79. The topological polar surface area (TPSA) is 50.8 Å². The first-order valence-corrected chi connectivity index (χ1v) is 10.6. The van der Waals surface area contributed by atoms with Crippen molar-refractivity contribution < 1.29 is 14.3 Å². The highest BCUT2D eigenvalue weighted by atomic mass is 16.5. The number of rotatable bonds is 9. The van der Waals surface area contributed by atoms with Crippen molar-refractivity contribution in [3.63, 3.8) is 0 Å². The third-order valence-corrected chi connectivity index (χ3v) is 5.53. The molecule has 1 amide bonds. The van der Waals surface area contributed by atoms with Crippen molar-refractivity contribution in [2.45, 2.75) is 38.6 Å². The number of hydrogen-bond donors (Lipinski definition) is 1. The standard InChI is InChI=1S/C24H32N2O3/c1-3-19-7-11-22(12-8-19)29-18-24(27)25-17-23(26-15-5-4-6-16-26)20-9-13-21(28-2)14-10-20/h7-14,23H,3-6,15-18H2,1-2H3,(H,25,27)/t23-/m1/s1. The molecule has 0 bridgehead atoms. The zero-order valence-corrected chi connectivity index (χ0v) is 17.5. The second-order valence-electron chi connectivity index (χ2n) is 7.48. The minimum absolute atomic E-state index is 0.0286. The summed E-state index contributed by atoms with van der Waals surface area (Å²) in [6.45, 7) is 4.84. The number of carbonyl (C=O) groups is 1. The fraction of sp³-hybridized carbons (Fsp3) is 0.458. The van der Waals surface area contributed by atoms with Crippen molar-refractivity contribution in [2.75, 3.05) is 33.4 Å². The van der Waals surface area contributed by atoms with E-state index in [9.17, 15) is 4.79 Å². The molecule has 2 aromatic rings. The Morgan fingerprint density at radius 1 is 1.00 bits per heavy atom. The number of likely N-dealkylation sites (tertiary alicyclic amines) is 1. The highest BCUT2D eigenvalue weighted by molar-refractivity contribution is 5.77. The molecule has 1 N–H and O–H groups in total. The number of aryl methyl sites for hydroxylation is 1.